The number of hydrogen-bond acceptors (Lipinski definition) is 2. The maximum atomic E-state index is 5.14. The van der Waals surface area contributed by atoms with Crippen molar-refractivity contribution in [3.8, 4) is 5.75 Å². The van der Waals surface area contributed by atoms with Gasteiger partial charge in [-0.15, -0.1) is 0 Å². The van der Waals surface area contributed by atoms with Gasteiger partial charge in [-0.05, 0) is 27.7 Å². The number of rotatable bonds is 1. The van der Waals surface area contributed by atoms with Crippen LogP contribution in [-0.2, 0) is 5.54 Å². The number of ether oxygens (including phenoxy) is 1. The Kier molecular flexibility index (Phi) is 2.13. The fraction of sp³-hybridized carbons (Fsp3) is 0.667. The zero-order valence-electron chi connectivity index (χ0n) is 8.38. The lowest BCUT2D eigenvalue weighted by atomic mass is 10.1. The van der Waals surface area contributed by atoms with Crippen LogP contribution in [0.3, 0.4) is 0 Å². The van der Waals surface area contributed by atoms with E-state index in [0.717, 1.165) is 11.4 Å². The van der Waals surface area contributed by atoms with Crippen molar-refractivity contribution in [3.05, 3.63) is 11.9 Å². The van der Waals surface area contributed by atoms with Crippen molar-refractivity contribution in [1.29, 1.82) is 0 Å². The van der Waals surface area contributed by atoms with Gasteiger partial charge in [0.05, 0.1) is 18.8 Å². The maximum Gasteiger partial charge on any atom is 0.159 e. The predicted octanol–water partition coefficient (Wildman–Crippen LogP) is 1.96. The fourth-order valence-corrected chi connectivity index (χ4v) is 0.988. The maximum absolute atomic E-state index is 5.14. The van der Waals surface area contributed by atoms with E-state index in [1.165, 1.54) is 0 Å². The summed E-state index contributed by atoms with van der Waals surface area (Å²) in [5.41, 5.74) is 0.967. The topological polar surface area (TPSA) is 27.1 Å². The van der Waals surface area contributed by atoms with Crippen LogP contribution in [0.4, 0.5) is 0 Å². The highest BCUT2D eigenvalue weighted by Gasteiger charge is 2.16. The van der Waals surface area contributed by atoms with E-state index in [0.29, 0.717) is 0 Å². The zero-order chi connectivity index (χ0) is 9.35. The highest BCUT2D eigenvalue weighted by atomic mass is 16.5. The summed E-state index contributed by atoms with van der Waals surface area (Å²) in [5.74, 6) is 0.852. The van der Waals surface area contributed by atoms with E-state index < -0.39 is 0 Å². The number of methoxy groups -OCH3 is 1. The van der Waals surface area contributed by atoms with Crippen LogP contribution >= 0.6 is 0 Å². The van der Waals surface area contributed by atoms with Crippen molar-refractivity contribution in [1.82, 2.24) is 9.78 Å². The Hall–Kier alpha value is -0.990. The molecule has 0 saturated carbocycles. The van der Waals surface area contributed by atoms with E-state index in [2.05, 4.69) is 25.9 Å². The van der Waals surface area contributed by atoms with Gasteiger partial charge in [-0.2, -0.15) is 5.10 Å². The lowest BCUT2D eigenvalue weighted by Gasteiger charge is -2.18. The summed E-state index contributed by atoms with van der Waals surface area (Å²) < 4.78 is 7.06. The molecule has 1 aromatic rings. The molecule has 0 amide bonds. The van der Waals surface area contributed by atoms with Crippen molar-refractivity contribution in [2.75, 3.05) is 7.11 Å². The first kappa shape index (κ1) is 9.10. The molecule has 1 heterocycles. The van der Waals surface area contributed by atoms with E-state index in [9.17, 15) is 0 Å². The Morgan fingerprint density at radius 2 is 2.00 bits per heavy atom. The Bertz CT molecular complexity index is 271. The minimum atomic E-state index is 0.0293. The summed E-state index contributed by atoms with van der Waals surface area (Å²) >= 11 is 0. The Morgan fingerprint density at radius 3 is 2.25 bits per heavy atom. The molecule has 1 aromatic heterocycles. The SMILES string of the molecule is COc1cn(C(C)(C)C)nc1C. The van der Waals surface area contributed by atoms with E-state index in [1.807, 2.05) is 17.8 Å². The molecule has 0 fully saturated rings. The van der Waals surface area contributed by atoms with Crippen molar-refractivity contribution >= 4 is 0 Å². The van der Waals surface area contributed by atoms with Crippen molar-refractivity contribution in [3.63, 3.8) is 0 Å². The van der Waals surface area contributed by atoms with Gasteiger partial charge in [0.15, 0.2) is 5.75 Å². The zero-order valence-corrected chi connectivity index (χ0v) is 8.38. The van der Waals surface area contributed by atoms with Gasteiger partial charge < -0.3 is 4.74 Å². The second kappa shape index (κ2) is 2.81. The van der Waals surface area contributed by atoms with Gasteiger partial charge in [0, 0.05) is 0 Å². The molecule has 0 spiro atoms. The molecule has 0 aliphatic rings. The fourth-order valence-electron chi connectivity index (χ4n) is 0.988. The van der Waals surface area contributed by atoms with E-state index in [4.69, 9.17) is 4.74 Å². The van der Waals surface area contributed by atoms with Crippen LogP contribution in [0, 0.1) is 6.92 Å². The average molecular weight is 168 g/mol. The second-order valence-electron chi connectivity index (χ2n) is 3.90. The molecule has 12 heavy (non-hydrogen) atoms. The van der Waals surface area contributed by atoms with Crippen molar-refractivity contribution in [2.45, 2.75) is 33.2 Å². The molecule has 0 unspecified atom stereocenters. The third-order valence-corrected chi connectivity index (χ3v) is 1.76. The van der Waals surface area contributed by atoms with Crippen molar-refractivity contribution < 1.29 is 4.74 Å². The third-order valence-electron chi connectivity index (χ3n) is 1.76. The monoisotopic (exact) mass is 168 g/mol. The van der Waals surface area contributed by atoms with Gasteiger partial charge in [-0.25, -0.2) is 0 Å². The summed E-state index contributed by atoms with van der Waals surface area (Å²) in [6.45, 7) is 8.28. The van der Waals surface area contributed by atoms with Crippen LogP contribution in [0.15, 0.2) is 6.20 Å². The van der Waals surface area contributed by atoms with Crippen LogP contribution in [0.5, 0.6) is 5.75 Å². The predicted molar refractivity (Wildman–Crippen MR) is 48.5 cm³/mol. The van der Waals surface area contributed by atoms with E-state index in [1.54, 1.807) is 7.11 Å². The molecule has 1 rings (SSSR count). The molecule has 0 aliphatic carbocycles. The molecule has 0 aromatic carbocycles. The van der Waals surface area contributed by atoms with Gasteiger partial charge in [0.2, 0.25) is 0 Å². The third kappa shape index (κ3) is 1.60. The first-order valence-electron chi connectivity index (χ1n) is 4.06. The summed E-state index contributed by atoms with van der Waals surface area (Å²) in [5, 5.41) is 4.34. The average Bonchev–Trinajstić information content (AvgIpc) is 2.29. The lowest BCUT2D eigenvalue weighted by Crippen LogP contribution is -2.22. The molecule has 0 atom stereocenters. The molecule has 0 aliphatic heterocycles. The molecular weight excluding hydrogens is 152 g/mol. The van der Waals surface area contributed by atoms with Crippen LogP contribution < -0.4 is 4.74 Å². The highest BCUT2D eigenvalue weighted by molar-refractivity contribution is 5.23. The van der Waals surface area contributed by atoms with Crippen molar-refractivity contribution in [2.24, 2.45) is 0 Å². The Balaban J connectivity index is 3.05. The van der Waals surface area contributed by atoms with Crippen LogP contribution in [0.25, 0.3) is 0 Å². The van der Waals surface area contributed by atoms with Crippen LogP contribution in [-0.4, -0.2) is 16.9 Å². The number of aryl methyl sites for hydroxylation is 1. The molecule has 0 saturated heterocycles. The quantitative estimate of drug-likeness (QED) is 0.641. The van der Waals surface area contributed by atoms with Gasteiger partial charge in [0.1, 0.15) is 5.69 Å². The van der Waals surface area contributed by atoms with Crippen LogP contribution in [0.2, 0.25) is 0 Å². The molecule has 0 bridgehead atoms. The first-order chi connectivity index (χ1) is 5.45. The molecule has 0 N–H and O–H groups in total. The standard InChI is InChI=1S/C9H16N2O/c1-7-8(12-5)6-11(10-7)9(2,3)4/h6H,1-5H3. The highest BCUT2D eigenvalue weighted by Crippen LogP contribution is 2.20. The van der Waals surface area contributed by atoms with Gasteiger partial charge in [-0.1, -0.05) is 0 Å². The lowest BCUT2D eigenvalue weighted by molar-refractivity contribution is 0.351. The summed E-state index contributed by atoms with van der Waals surface area (Å²) in [7, 11) is 1.66. The molecular formula is C9H16N2O. The van der Waals surface area contributed by atoms with Crippen LogP contribution in [0.1, 0.15) is 26.5 Å². The largest absolute Gasteiger partial charge is 0.493 e. The second-order valence-corrected chi connectivity index (χ2v) is 3.90. The Labute approximate surface area is 73.3 Å². The van der Waals surface area contributed by atoms with E-state index >= 15 is 0 Å². The summed E-state index contributed by atoms with van der Waals surface area (Å²) in [6.07, 6.45) is 1.93. The molecule has 3 nitrogen and oxygen atoms in total. The summed E-state index contributed by atoms with van der Waals surface area (Å²) in [4.78, 5) is 0. The minimum absolute atomic E-state index is 0.0293. The molecule has 68 valence electrons. The normalized spacial score (nSPS) is 11.8. The van der Waals surface area contributed by atoms with Gasteiger partial charge in [0.25, 0.3) is 0 Å². The van der Waals surface area contributed by atoms with Gasteiger partial charge >= 0.3 is 0 Å². The van der Waals surface area contributed by atoms with E-state index in [-0.39, 0.29) is 5.54 Å². The molecule has 3 heteroatoms. The number of nitrogens with zero attached hydrogens (tertiary/aromatic N) is 2. The molecule has 0 radical (unpaired) electrons. The Morgan fingerprint density at radius 1 is 1.42 bits per heavy atom. The minimum Gasteiger partial charge on any atom is -0.493 e. The summed E-state index contributed by atoms with van der Waals surface area (Å²) in [6, 6.07) is 0. The number of hydrogen-bond donors (Lipinski definition) is 0. The smallest absolute Gasteiger partial charge is 0.159 e. The first-order valence-corrected chi connectivity index (χ1v) is 4.06. The van der Waals surface area contributed by atoms with Gasteiger partial charge in [-0.3, -0.25) is 4.68 Å². The number of aromatic nitrogens is 2.